The van der Waals surface area contributed by atoms with E-state index in [1.807, 2.05) is 6.92 Å². The number of fused-ring (bicyclic) bond motifs is 2. The van der Waals surface area contributed by atoms with Gasteiger partial charge >= 0.3 is 5.97 Å². The minimum atomic E-state index is -1.38. The number of carbonyl (C=O) groups is 2. The van der Waals surface area contributed by atoms with E-state index in [-0.39, 0.29) is 23.8 Å². The van der Waals surface area contributed by atoms with Crippen molar-refractivity contribution in [2.24, 2.45) is 0 Å². The third-order valence-electron chi connectivity index (χ3n) is 4.75. The number of pyridine rings is 1. The number of hydrogen-bond acceptors (Lipinski definition) is 4. The van der Waals surface area contributed by atoms with Gasteiger partial charge in [0.2, 0.25) is 5.43 Å². The molecular formula is C18H15FN2O5. The Morgan fingerprint density at radius 1 is 1.27 bits per heavy atom. The molecule has 1 aromatic carbocycles. The second-order valence-corrected chi connectivity index (χ2v) is 6.41. The van der Waals surface area contributed by atoms with Crippen molar-refractivity contribution in [1.29, 1.82) is 0 Å². The molecular weight excluding hydrogens is 343 g/mol. The van der Waals surface area contributed by atoms with Gasteiger partial charge in [0, 0.05) is 6.20 Å². The van der Waals surface area contributed by atoms with Crippen LogP contribution in [-0.4, -0.2) is 45.3 Å². The first-order valence-corrected chi connectivity index (χ1v) is 8.09. The molecule has 3 heterocycles. The highest BCUT2D eigenvalue weighted by molar-refractivity contribution is 6.02. The molecule has 26 heavy (non-hydrogen) atoms. The van der Waals surface area contributed by atoms with Crippen LogP contribution in [0.25, 0.3) is 11.1 Å². The first-order chi connectivity index (χ1) is 12.4. The van der Waals surface area contributed by atoms with E-state index in [9.17, 15) is 23.9 Å². The number of ether oxygens (including phenoxy) is 1. The minimum Gasteiger partial charge on any atom is -0.477 e. The smallest absolute Gasteiger partial charge is 0.341 e. The third kappa shape index (κ3) is 2.33. The maximum absolute atomic E-state index is 13.3. The number of carbonyl (C=O) groups excluding carboxylic acids is 1. The van der Waals surface area contributed by atoms with Crippen LogP contribution in [0.2, 0.25) is 0 Å². The maximum atomic E-state index is 13.3. The number of aromatic carboxylic acids is 1. The molecule has 1 unspecified atom stereocenters. The summed E-state index contributed by atoms with van der Waals surface area (Å²) in [4.78, 5) is 38.9. The predicted octanol–water partition coefficient (Wildman–Crippen LogP) is 1.55. The summed E-state index contributed by atoms with van der Waals surface area (Å²) in [6.45, 7) is 2.43. The number of carboxylic acids is 1. The van der Waals surface area contributed by atoms with Crippen LogP contribution in [0.4, 0.5) is 4.39 Å². The summed E-state index contributed by atoms with van der Waals surface area (Å²) >= 11 is 0. The zero-order valence-corrected chi connectivity index (χ0v) is 13.8. The molecule has 4 rings (SSSR count). The molecule has 2 aromatic rings. The van der Waals surface area contributed by atoms with Gasteiger partial charge in [-0.15, -0.1) is 0 Å². The Labute approximate surface area is 147 Å². The summed E-state index contributed by atoms with van der Waals surface area (Å²) in [6, 6.07) is 4.90. The number of benzene rings is 1. The first kappa shape index (κ1) is 16.5. The average molecular weight is 358 g/mol. The standard InChI is InChI=1S/C18H15FN2O5/c1-9-8-26-13-7-20-6-12(18(24)25)16(22)14(15(20)17(23)21(9)13)10-2-4-11(19)5-3-10/h2-6,9,13H,7-8H2,1H3,(H,24,25)/t9-,13?/m1/s1. The molecule has 2 atom stereocenters. The third-order valence-corrected chi connectivity index (χ3v) is 4.75. The molecule has 134 valence electrons. The molecule has 0 bridgehead atoms. The number of carboxylic acid groups (broad SMARTS) is 1. The summed E-state index contributed by atoms with van der Waals surface area (Å²) in [7, 11) is 0. The van der Waals surface area contributed by atoms with E-state index in [0.29, 0.717) is 12.2 Å². The summed E-state index contributed by atoms with van der Waals surface area (Å²) in [5.41, 5.74) is -0.856. The molecule has 7 nitrogen and oxygen atoms in total. The second kappa shape index (κ2) is 5.77. The Hall–Kier alpha value is -3.00. The van der Waals surface area contributed by atoms with Gasteiger partial charge in [-0.2, -0.15) is 0 Å². The van der Waals surface area contributed by atoms with Gasteiger partial charge in [-0.05, 0) is 24.6 Å². The fourth-order valence-electron chi connectivity index (χ4n) is 3.53. The molecule has 8 heteroatoms. The van der Waals surface area contributed by atoms with Crippen LogP contribution in [0.5, 0.6) is 0 Å². The lowest BCUT2D eigenvalue weighted by Gasteiger charge is -2.34. The number of aromatic nitrogens is 1. The molecule has 1 saturated heterocycles. The lowest BCUT2D eigenvalue weighted by atomic mass is 9.98. The van der Waals surface area contributed by atoms with Gasteiger partial charge in [0.1, 0.15) is 17.1 Å². The van der Waals surface area contributed by atoms with Crippen molar-refractivity contribution in [2.75, 3.05) is 6.61 Å². The zero-order valence-electron chi connectivity index (χ0n) is 13.8. The van der Waals surface area contributed by atoms with Crippen molar-refractivity contribution in [1.82, 2.24) is 9.47 Å². The number of rotatable bonds is 2. The molecule has 0 aliphatic carbocycles. The van der Waals surface area contributed by atoms with Crippen LogP contribution < -0.4 is 5.43 Å². The largest absolute Gasteiger partial charge is 0.477 e. The highest BCUT2D eigenvalue weighted by Gasteiger charge is 2.42. The van der Waals surface area contributed by atoms with Crippen LogP contribution in [0.3, 0.4) is 0 Å². The summed E-state index contributed by atoms with van der Waals surface area (Å²) in [5, 5.41) is 9.38. The van der Waals surface area contributed by atoms with E-state index in [4.69, 9.17) is 4.74 Å². The van der Waals surface area contributed by atoms with Crippen LogP contribution in [0.15, 0.2) is 35.3 Å². The van der Waals surface area contributed by atoms with E-state index in [2.05, 4.69) is 0 Å². The number of amides is 1. The van der Waals surface area contributed by atoms with Gasteiger partial charge in [0.05, 0.1) is 24.8 Å². The van der Waals surface area contributed by atoms with Gasteiger partial charge < -0.3 is 19.3 Å². The van der Waals surface area contributed by atoms with Gasteiger partial charge in [0.15, 0.2) is 6.23 Å². The topological polar surface area (TPSA) is 88.8 Å². The number of nitrogens with zero attached hydrogens (tertiary/aromatic N) is 2. The van der Waals surface area contributed by atoms with E-state index < -0.39 is 34.9 Å². The van der Waals surface area contributed by atoms with E-state index in [0.717, 1.165) is 12.1 Å². The second-order valence-electron chi connectivity index (χ2n) is 6.41. The Balaban J connectivity index is 2.01. The van der Waals surface area contributed by atoms with E-state index in [1.165, 1.54) is 22.9 Å². The first-order valence-electron chi connectivity index (χ1n) is 8.09. The van der Waals surface area contributed by atoms with Crippen LogP contribution in [0, 0.1) is 5.82 Å². The van der Waals surface area contributed by atoms with Gasteiger partial charge in [-0.25, -0.2) is 9.18 Å². The van der Waals surface area contributed by atoms with Crippen LogP contribution in [-0.2, 0) is 11.3 Å². The lowest BCUT2D eigenvalue weighted by Crippen LogP contribution is -2.49. The normalized spacial score (nSPS) is 21.5. The highest BCUT2D eigenvalue weighted by atomic mass is 19.1. The minimum absolute atomic E-state index is 0.0348. The molecule has 0 radical (unpaired) electrons. The van der Waals surface area contributed by atoms with Crippen molar-refractivity contribution in [3.63, 3.8) is 0 Å². The molecule has 1 amide bonds. The molecule has 1 N–H and O–H groups in total. The summed E-state index contributed by atoms with van der Waals surface area (Å²) in [6.07, 6.45) is 0.671. The average Bonchev–Trinajstić information content (AvgIpc) is 2.97. The van der Waals surface area contributed by atoms with Crippen molar-refractivity contribution in [2.45, 2.75) is 25.7 Å². The fourth-order valence-corrected chi connectivity index (χ4v) is 3.53. The molecule has 0 saturated carbocycles. The maximum Gasteiger partial charge on any atom is 0.341 e. The molecule has 1 fully saturated rings. The molecule has 2 aliphatic rings. The van der Waals surface area contributed by atoms with E-state index in [1.54, 1.807) is 4.90 Å². The van der Waals surface area contributed by atoms with Crippen molar-refractivity contribution in [3.8, 4) is 11.1 Å². The quantitative estimate of drug-likeness (QED) is 0.880. The van der Waals surface area contributed by atoms with Gasteiger partial charge in [0.25, 0.3) is 5.91 Å². The van der Waals surface area contributed by atoms with E-state index >= 15 is 0 Å². The van der Waals surface area contributed by atoms with Gasteiger partial charge in [-0.3, -0.25) is 9.59 Å². The van der Waals surface area contributed by atoms with Crippen molar-refractivity contribution in [3.05, 3.63) is 57.8 Å². The van der Waals surface area contributed by atoms with Crippen molar-refractivity contribution < 1.29 is 23.8 Å². The van der Waals surface area contributed by atoms with Gasteiger partial charge in [-0.1, -0.05) is 12.1 Å². The van der Waals surface area contributed by atoms with Crippen LogP contribution in [0.1, 0.15) is 27.8 Å². The Morgan fingerprint density at radius 2 is 1.96 bits per heavy atom. The highest BCUT2D eigenvalue weighted by Crippen LogP contribution is 2.31. The Bertz CT molecular complexity index is 982. The Kier molecular flexibility index (Phi) is 3.66. The zero-order chi connectivity index (χ0) is 18.6. The number of halogens is 1. The monoisotopic (exact) mass is 358 g/mol. The Morgan fingerprint density at radius 3 is 2.62 bits per heavy atom. The summed E-state index contributed by atoms with van der Waals surface area (Å²) < 4.78 is 20.3. The lowest BCUT2D eigenvalue weighted by molar-refractivity contribution is 0.00681. The molecule has 0 spiro atoms. The molecule has 1 aromatic heterocycles. The van der Waals surface area contributed by atoms with Crippen LogP contribution >= 0.6 is 0 Å². The fraction of sp³-hybridized carbons (Fsp3) is 0.278. The number of hydrogen-bond donors (Lipinski definition) is 1. The SMILES string of the molecule is C[C@@H]1COC2Cn3cc(C(=O)O)c(=O)c(-c4ccc(F)cc4)c3C(=O)N21. The predicted molar refractivity (Wildman–Crippen MR) is 88.4 cm³/mol. The molecule has 2 aliphatic heterocycles. The van der Waals surface area contributed by atoms with Crippen molar-refractivity contribution >= 4 is 11.9 Å². The summed E-state index contributed by atoms with van der Waals surface area (Å²) in [5.74, 6) is -2.28.